The van der Waals surface area contributed by atoms with E-state index in [0.717, 1.165) is 9.13 Å². The van der Waals surface area contributed by atoms with E-state index >= 15 is 0 Å². The number of benzene rings is 2. The van der Waals surface area contributed by atoms with Gasteiger partial charge in [-0.05, 0) is 24.3 Å². The van der Waals surface area contributed by atoms with Gasteiger partial charge in [-0.3, -0.25) is 23.7 Å². The summed E-state index contributed by atoms with van der Waals surface area (Å²) in [6.45, 7) is 0. The van der Waals surface area contributed by atoms with Gasteiger partial charge in [0.1, 0.15) is 0 Å². The molecule has 0 amide bonds. The summed E-state index contributed by atoms with van der Waals surface area (Å²) in [5, 5.41) is 0.614. The van der Waals surface area contributed by atoms with Gasteiger partial charge in [0.15, 0.2) is 0 Å². The third kappa shape index (κ3) is 1.63. The molecular formula is C17H10N2O4. The molecule has 0 aliphatic rings. The lowest BCUT2D eigenvalue weighted by Crippen LogP contribution is -2.23. The molecule has 0 N–H and O–H groups in total. The Hall–Kier alpha value is -3.28. The molecule has 0 saturated heterocycles. The highest BCUT2D eigenvalue weighted by Crippen LogP contribution is 2.15. The van der Waals surface area contributed by atoms with Gasteiger partial charge in [0.05, 0.1) is 27.2 Å². The number of rotatable bonds is 1. The molecule has 0 saturated carbocycles. The third-order valence-electron chi connectivity index (χ3n) is 4.11. The molecule has 6 heteroatoms. The van der Waals surface area contributed by atoms with E-state index < -0.39 is 22.2 Å². The number of hydrogen-bond donors (Lipinski definition) is 0. The normalized spacial score (nSPS) is 11.5. The van der Waals surface area contributed by atoms with E-state index in [0.29, 0.717) is 5.69 Å². The summed E-state index contributed by atoms with van der Waals surface area (Å²) in [6, 6.07) is 11.2. The Morgan fingerprint density at radius 2 is 1.09 bits per heavy atom. The highest BCUT2D eigenvalue weighted by atomic mass is 16.2. The average Bonchev–Trinajstić information content (AvgIpc) is 2.94. The maximum Gasteiger partial charge on any atom is 0.266 e. The Morgan fingerprint density at radius 1 is 0.652 bits per heavy atom. The summed E-state index contributed by atoms with van der Waals surface area (Å²) < 4.78 is 2.03. The molecule has 0 radical (unpaired) electrons. The molecule has 112 valence electrons. The van der Waals surface area contributed by atoms with E-state index in [1.54, 1.807) is 30.3 Å². The second kappa shape index (κ2) is 4.36. The molecule has 2 heterocycles. The Bertz CT molecular complexity index is 1210. The summed E-state index contributed by atoms with van der Waals surface area (Å²) in [5.74, 6) is 0. The summed E-state index contributed by atoms with van der Waals surface area (Å²) in [4.78, 5) is 49.2. The SMILES string of the molecule is Cn1c(=O)c2cc3c(=O)n(-c4ccccc4)c(=O)c3cc2c1=O. The van der Waals surface area contributed by atoms with Crippen LogP contribution in [0.15, 0.2) is 61.6 Å². The minimum atomic E-state index is -0.492. The molecule has 2 aromatic carbocycles. The van der Waals surface area contributed by atoms with Crippen LogP contribution in [0.3, 0.4) is 0 Å². The minimum absolute atomic E-state index is 0.147. The number of fused-ring (bicyclic) bond motifs is 2. The predicted molar refractivity (Wildman–Crippen MR) is 87.2 cm³/mol. The molecule has 6 nitrogen and oxygen atoms in total. The van der Waals surface area contributed by atoms with Crippen LogP contribution in [0, 0.1) is 0 Å². The number of para-hydroxylation sites is 1. The van der Waals surface area contributed by atoms with E-state index in [1.165, 1.54) is 19.2 Å². The average molecular weight is 306 g/mol. The summed E-state index contributed by atoms with van der Waals surface area (Å²) >= 11 is 0. The second-order valence-electron chi connectivity index (χ2n) is 5.39. The van der Waals surface area contributed by atoms with Crippen LogP contribution in [-0.2, 0) is 7.05 Å². The van der Waals surface area contributed by atoms with Crippen molar-refractivity contribution in [1.82, 2.24) is 9.13 Å². The fourth-order valence-corrected chi connectivity index (χ4v) is 2.91. The van der Waals surface area contributed by atoms with E-state index in [2.05, 4.69) is 0 Å². The van der Waals surface area contributed by atoms with Crippen molar-refractivity contribution in [3.63, 3.8) is 0 Å². The lowest BCUT2D eigenvalue weighted by molar-refractivity contribution is 0.856. The number of nitrogens with zero attached hydrogens (tertiary/aromatic N) is 2. The lowest BCUT2D eigenvalue weighted by Gasteiger charge is -1.97. The van der Waals surface area contributed by atoms with Crippen LogP contribution in [0.4, 0.5) is 0 Å². The van der Waals surface area contributed by atoms with Gasteiger partial charge in [-0.2, -0.15) is 0 Å². The van der Waals surface area contributed by atoms with Crippen molar-refractivity contribution in [1.29, 1.82) is 0 Å². The zero-order valence-electron chi connectivity index (χ0n) is 12.1. The first-order chi connectivity index (χ1) is 11.0. The lowest BCUT2D eigenvalue weighted by atomic mass is 10.1. The molecule has 4 aromatic rings. The maximum atomic E-state index is 12.6. The van der Waals surface area contributed by atoms with Crippen LogP contribution in [0.2, 0.25) is 0 Å². The van der Waals surface area contributed by atoms with Gasteiger partial charge in [-0.1, -0.05) is 18.2 Å². The molecular weight excluding hydrogens is 296 g/mol. The summed E-state index contributed by atoms with van der Waals surface area (Å²) in [5.41, 5.74) is -1.46. The van der Waals surface area contributed by atoms with Gasteiger partial charge in [0.2, 0.25) is 0 Å². The number of aromatic nitrogens is 2. The van der Waals surface area contributed by atoms with Crippen LogP contribution < -0.4 is 22.2 Å². The minimum Gasteiger partial charge on any atom is -0.277 e. The molecule has 23 heavy (non-hydrogen) atoms. The summed E-state index contributed by atoms with van der Waals surface area (Å²) in [7, 11) is 1.37. The van der Waals surface area contributed by atoms with Crippen LogP contribution in [-0.4, -0.2) is 9.13 Å². The first kappa shape index (κ1) is 13.4. The van der Waals surface area contributed by atoms with Gasteiger partial charge in [0.25, 0.3) is 22.2 Å². The maximum absolute atomic E-state index is 12.6. The van der Waals surface area contributed by atoms with Crippen LogP contribution in [0.1, 0.15) is 0 Å². The standard InChI is InChI=1S/C17H10N2O4/c1-18-14(20)10-7-12-13(8-11(10)15(18)21)17(23)19(16(12)22)9-5-3-2-4-6-9/h2-8H,1H3. The second-order valence-corrected chi connectivity index (χ2v) is 5.39. The fraction of sp³-hybridized carbons (Fsp3) is 0.0588. The van der Waals surface area contributed by atoms with Gasteiger partial charge in [-0.25, -0.2) is 4.57 Å². The van der Waals surface area contributed by atoms with Crippen LogP contribution in [0.5, 0.6) is 0 Å². The molecule has 0 aliphatic heterocycles. The van der Waals surface area contributed by atoms with Gasteiger partial charge >= 0.3 is 0 Å². The monoisotopic (exact) mass is 306 g/mol. The van der Waals surface area contributed by atoms with Gasteiger partial charge in [0, 0.05) is 7.05 Å². The van der Waals surface area contributed by atoms with Crippen molar-refractivity contribution in [2.75, 3.05) is 0 Å². The van der Waals surface area contributed by atoms with Crippen molar-refractivity contribution in [3.05, 3.63) is 83.9 Å². The largest absolute Gasteiger partial charge is 0.277 e. The van der Waals surface area contributed by atoms with E-state index in [4.69, 9.17) is 0 Å². The Kier molecular flexibility index (Phi) is 2.54. The van der Waals surface area contributed by atoms with Crippen LogP contribution >= 0.6 is 0 Å². The predicted octanol–water partition coefficient (Wildman–Crippen LogP) is 0.439. The molecule has 0 spiro atoms. The fourth-order valence-electron chi connectivity index (χ4n) is 2.91. The third-order valence-corrected chi connectivity index (χ3v) is 4.11. The zero-order chi connectivity index (χ0) is 16.3. The van der Waals surface area contributed by atoms with E-state index in [9.17, 15) is 19.2 Å². The summed E-state index contributed by atoms with van der Waals surface area (Å²) in [6.07, 6.45) is 0. The molecule has 0 aliphatic carbocycles. The zero-order valence-corrected chi connectivity index (χ0v) is 12.1. The Morgan fingerprint density at radius 3 is 1.57 bits per heavy atom. The number of hydrogen-bond acceptors (Lipinski definition) is 4. The van der Waals surface area contributed by atoms with Crippen molar-refractivity contribution >= 4 is 21.5 Å². The molecule has 2 aromatic heterocycles. The van der Waals surface area contributed by atoms with Crippen LogP contribution in [0.25, 0.3) is 27.2 Å². The molecule has 0 bridgehead atoms. The molecule has 0 unspecified atom stereocenters. The van der Waals surface area contributed by atoms with E-state index in [-0.39, 0.29) is 21.5 Å². The first-order valence-electron chi connectivity index (χ1n) is 6.95. The van der Waals surface area contributed by atoms with Gasteiger partial charge in [-0.15, -0.1) is 0 Å². The highest BCUT2D eigenvalue weighted by Gasteiger charge is 2.18. The van der Waals surface area contributed by atoms with Crippen molar-refractivity contribution < 1.29 is 0 Å². The topological polar surface area (TPSA) is 78.1 Å². The van der Waals surface area contributed by atoms with E-state index in [1.807, 2.05) is 0 Å². The highest BCUT2D eigenvalue weighted by molar-refractivity contribution is 5.98. The molecule has 4 rings (SSSR count). The van der Waals surface area contributed by atoms with Crippen molar-refractivity contribution in [3.8, 4) is 5.69 Å². The first-order valence-corrected chi connectivity index (χ1v) is 6.95. The van der Waals surface area contributed by atoms with Gasteiger partial charge < -0.3 is 0 Å². The van der Waals surface area contributed by atoms with Crippen molar-refractivity contribution in [2.24, 2.45) is 7.05 Å². The van der Waals surface area contributed by atoms with Crippen molar-refractivity contribution in [2.45, 2.75) is 0 Å². The Balaban J connectivity index is 2.23. The molecule has 0 fully saturated rings. The Labute approximate surface area is 128 Å². The quantitative estimate of drug-likeness (QED) is 0.511. The molecule has 0 atom stereocenters. The smallest absolute Gasteiger partial charge is 0.266 e.